The lowest BCUT2D eigenvalue weighted by atomic mass is 9.94. The third-order valence-corrected chi connectivity index (χ3v) is 3.78. The lowest BCUT2D eigenvalue weighted by molar-refractivity contribution is 1.32. The van der Waals surface area contributed by atoms with Crippen LogP contribution >= 0.6 is 11.7 Å². The molecule has 90 valence electrons. The highest BCUT2D eigenvalue weighted by Crippen LogP contribution is 2.30. The van der Waals surface area contributed by atoms with E-state index in [1.165, 1.54) is 39.5 Å². The molecule has 0 aliphatic heterocycles. The molecule has 0 aliphatic carbocycles. The van der Waals surface area contributed by atoms with Crippen molar-refractivity contribution in [1.29, 1.82) is 0 Å². The Kier molecular flexibility index (Phi) is 2.63. The van der Waals surface area contributed by atoms with Crippen molar-refractivity contribution in [2.24, 2.45) is 0 Å². The quantitative estimate of drug-likeness (QED) is 0.647. The Labute approximate surface area is 111 Å². The third-order valence-electron chi connectivity index (χ3n) is 3.22. The minimum absolute atomic E-state index is 0.978. The Morgan fingerprint density at radius 2 is 1.50 bits per heavy atom. The average molecular weight is 254 g/mol. The van der Waals surface area contributed by atoms with Gasteiger partial charge in [-0.1, -0.05) is 23.8 Å². The highest BCUT2D eigenvalue weighted by Gasteiger charge is 2.08. The molecule has 3 aromatic rings. The first-order valence-corrected chi connectivity index (χ1v) is 6.69. The van der Waals surface area contributed by atoms with Gasteiger partial charge in [0.15, 0.2) is 0 Å². The molecule has 2 nitrogen and oxygen atoms in total. The number of aromatic nitrogens is 2. The van der Waals surface area contributed by atoms with Gasteiger partial charge < -0.3 is 0 Å². The molecule has 0 aliphatic rings. The first kappa shape index (κ1) is 11.4. The molecule has 0 bridgehead atoms. The Morgan fingerprint density at radius 3 is 2.22 bits per heavy atom. The van der Waals surface area contributed by atoms with Crippen molar-refractivity contribution in [1.82, 2.24) is 8.75 Å². The second-order valence-electron chi connectivity index (χ2n) is 4.74. The van der Waals surface area contributed by atoms with Crippen LogP contribution in [0.5, 0.6) is 0 Å². The average Bonchev–Trinajstić information content (AvgIpc) is 2.74. The number of aryl methyl sites for hydroxylation is 3. The molecule has 3 rings (SSSR count). The second-order valence-corrected chi connectivity index (χ2v) is 5.27. The predicted octanol–water partition coefficient (Wildman–Crippen LogP) is 4.28. The summed E-state index contributed by atoms with van der Waals surface area (Å²) in [4.78, 5) is 0. The highest BCUT2D eigenvalue weighted by atomic mass is 32.1. The van der Waals surface area contributed by atoms with Gasteiger partial charge in [-0.15, -0.1) is 0 Å². The Morgan fingerprint density at radius 1 is 0.833 bits per heavy atom. The number of hydrogen-bond acceptors (Lipinski definition) is 3. The molecule has 0 radical (unpaired) electrons. The minimum atomic E-state index is 0.978. The first-order chi connectivity index (χ1) is 8.65. The van der Waals surface area contributed by atoms with Crippen molar-refractivity contribution in [2.45, 2.75) is 20.8 Å². The van der Waals surface area contributed by atoms with Gasteiger partial charge in [0.05, 0.1) is 11.7 Å². The van der Waals surface area contributed by atoms with E-state index in [0.29, 0.717) is 0 Å². The van der Waals surface area contributed by atoms with Gasteiger partial charge in [-0.3, -0.25) is 0 Å². The van der Waals surface area contributed by atoms with Crippen LogP contribution in [0.1, 0.15) is 16.7 Å². The first-order valence-electron chi connectivity index (χ1n) is 5.96. The standard InChI is InChI=1S/C15H14N2S/c1-9-6-10(2)15(11(3)7-9)12-4-5-13-14(8-12)17-18-16-13/h4-8H,1-3H3. The summed E-state index contributed by atoms with van der Waals surface area (Å²) >= 11 is 1.27. The molecule has 1 aromatic heterocycles. The van der Waals surface area contributed by atoms with Gasteiger partial charge in [-0.2, -0.15) is 8.75 Å². The number of rotatable bonds is 1. The third kappa shape index (κ3) is 1.81. The maximum absolute atomic E-state index is 4.31. The molecule has 0 N–H and O–H groups in total. The largest absolute Gasteiger partial charge is 0.173 e. The maximum atomic E-state index is 4.31. The SMILES string of the molecule is Cc1cc(C)c(-c2ccc3nsnc3c2)c(C)c1. The van der Waals surface area contributed by atoms with Crippen LogP contribution in [-0.2, 0) is 0 Å². The summed E-state index contributed by atoms with van der Waals surface area (Å²) in [6, 6.07) is 10.8. The van der Waals surface area contributed by atoms with Crippen molar-refractivity contribution < 1.29 is 0 Å². The minimum Gasteiger partial charge on any atom is -0.173 e. The van der Waals surface area contributed by atoms with Crippen LogP contribution in [-0.4, -0.2) is 8.75 Å². The number of fused-ring (bicyclic) bond motifs is 1. The number of benzene rings is 2. The van der Waals surface area contributed by atoms with Crippen molar-refractivity contribution in [3.05, 3.63) is 47.0 Å². The van der Waals surface area contributed by atoms with Crippen LogP contribution in [0, 0.1) is 20.8 Å². The van der Waals surface area contributed by atoms with Gasteiger partial charge in [0, 0.05) is 0 Å². The molecule has 0 saturated heterocycles. The summed E-state index contributed by atoms with van der Waals surface area (Å²) < 4.78 is 8.56. The van der Waals surface area contributed by atoms with Gasteiger partial charge in [0.2, 0.25) is 0 Å². The molecule has 18 heavy (non-hydrogen) atoms. The van der Waals surface area contributed by atoms with Gasteiger partial charge in [-0.05, 0) is 55.2 Å². The molecule has 0 spiro atoms. The van der Waals surface area contributed by atoms with Gasteiger partial charge in [0.25, 0.3) is 0 Å². The topological polar surface area (TPSA) is 25.8 Å². The highest BCUT2D eigenvalue weighted by molar-refractivity contribution is 7.00. The van der Waals surface area contributed by atoms with E-state index < -0.39 is 0 Å². The Bertz CT molecular complexity index is 705. The van der Waals surface area contributed by atoms with E-state index in [4.69, 9.17) is 0 Å². The van der Waals surface area contributed by atoms with Crippen molar-refractivity contribution in [3.63, 3.8) is 0 Å². The van der Waals surface area contributed by atoms with Crippen LogP contribution in [0.2, 0.25) is 0 Å². The number of nitrogens with zero attached hydrogens (tertiary/aromatic N) is 2. The fourth-order valence-electron chi connectivity index (χ4n) is 2.57. The normalized spacial score (nSPS) is 11.1. The summed E-state index contributed by atoms with van der Waals surface area (Å²) in [6.45, 7) is 6.47. The van der Waals surface area contributed by atoms with Crippen LogP contribution in [0.25, 0.3) is 22.2 Å². The molecular weight excluding hydrogens is 240 g/mol. The van der Waals surface area contributed by atoms with E-state index in [-0.39, 0.29) is 0 Å². The van der Waals surface area contributed by atoms with Crippen molar-refractivity contribution >= 4 is 22.8 Å². The van der Waals surface area contributed by atoms with Gasteiger partial charge >= 0.3 is 0 Å². The summed E-state index contributed by atoms with van der Waals surface area (Å²) in [6.07, 6.45) is 0. The lowest BCUT2D eigenvalue weighted by Gasteiger charge is -2.11. The molecular formula is C15H14N2S. The zero-order chi connectivity index (χ0) is 12.7. The predicted molar refractivity (Wildman–Crippen MR) is 77.1 cm³/mol. The molecule has 0 saturated carbocycles. The zero-order valence-electron chi connectivity index (χ0n) is 10.7. The zero-order valence-corrected chi connectivity index (χ0v) is 11.5. The molecule has 0 amide bonds. The molecule has 0 fully saturated rings. The van der Waals surface area contributed by atoms with Crippen LogP contribution in [0.15, 0.2) is 30.3 Å². The van der Waals surface area contributed by atoms with E-state index in [2.05, 4.69) is 53.8 Å². The van der Waals surface area contributed by atoms with E-state index in [9.17, 15) is 0 Å². The van der Waals surface area contributed by atoms with Gasteiger partial charge in [-0.25, -0.2) is 0 Å². The maximum Gasteiger partial charge on any atom is 0.105 e. The Balaban J connectivity index is 2.25. The second kappa shape index (κ2) is 4.18. The van der Waals surface area contributed by atoms with Crippen LogP contribution in [0.3, 0.4) is 0 Å². The fraction of sp³-hybridized carbons (Fsp3) is 0.200. The van der Waals surface area contributed by atoms with E-state index in [1.54, 1.807) is 0 Å². The monoisotopic (exact) mass is 254 g/mol. The van der Waals surface area contributed by atoms with E-state index in [1.807, 2.05) is 6.07 Å². The summed E-state index contributed by atoms with van der Waals surface area (Å²) in [5.74, 6) is 0. The van der Waals surface area contributed by atoms with Gasteiger partial charge in [0.1, 0.15) is 11.0 Å². The lowest BCUT2D eigenvalue weighted by Crippen LogP contribution is -1.90. The molecule has 2 aromatic carbocycles. The smallest absolute Gasteiger partial charge is 0.105 e. The van der Waals surface area contributed by atoms with Crippen LogP contribution < -0.4 is 0 Å². The summed E-state index contributed by atoms with van der Waals surface area (Å²) in [5.41, 5.74) is 8.44. The van der Waals surface area contributed by atoms with Crippen molar-refractivity contribution in [2.75, 3.05) is 0 Å². The summed E-state index contributed by atoms with van der Waals surface area (Å²) in [5, 5.41) is 0. The molecule has 3 heteroatoms. The number of hydrogen-bond donors (Lipinski definition) is 0. The fourth-order valence-corrected chi connectivity index (χ4v) is 3.09. The molecule has 0 unspecified atom stereocenters. The van der Waals surface area contributed by atoms with Crippen molar-refractivity contribution in [3.8, 4) is 11.1 Å². The molecule has 1 heterocycles. The van der Waals surface area contributed by atoms with E-state index in [0.717, 1.165) is 11.0 Å². The van der Waals surface area contributed by atoms with E-state index >= 15 is 0 Å². The molecule has 0 atom stereocenters. The summed E-state index contributed by atoms with van der Waals surface area (Å²) in [7, 11) is 0. The van der Waals surface area contributed by atoms with Crippen LogP contribution in [0.4, 0.5) is 0 Å². The Hall–Kier alpha value is -1.74.